The third-order valence-corrected chi connectivity index (χ3v) is 5.88. The van der Waals surface area contributed by atoms with E-state index in [1.165, 1.54) is 6.42 Å². The van der Waals surface area contributed by atoms with Crippen LogP contribution in [0.1, 0.15) is 30.7 Å². The van der Waals surface area contributed by atoms with Gasteiger partial charge < -0.3 is 14.6 Å². The second-order valence-corrected chi connectivity index (χ2v) is 8.16. The van der Waals surface area contributed by atoms with Crippen LogP contribution in [0, 0.1) is 6.92 Å². The number of halogens is 2. The lowest BCUT2D eigenvalue weighted by Gasteiger charge is -2.12. The van der Waals surface area contributed by atoms with E-state index in [0.717, 1.165) is 54.3 Å². The largest absolute Gasteiger partial charge is 0.484 e. The Morgan fingerprint density at radius 1 is 1.10 bits per heavy atom. The molecule has 0 unspecified atom stereocenters. The molecule has 0 radical (unpaired) electrons. The van der Waals surface area contributed by atoms with Crippen molar-refractivity contribution >= 4 is 34.8 Å². The summed E-state index contributed by atoms with van der Waals surface area (Å²) in [6.07, 6.45) is 4.43. The standard InChI is InChI=1S/C22H22Cl2N4O2/c1-14-6-7-15(22-27-26-20-5-3-2-4-10-28(20)22)11-19(14)25-21(29)13-30-16-8-9-17(23)18(24)12-16/h6-9,11-12H,2-5,10,13H2,1H3,(H,25,29). The number of ether oxygens (including phenoxy) is 1. The number of hydrogen-bond donors (Lipinski definition) is 1. The number of fused-ring (bicyclic) bond motifs is 1. The highest BCUT2D eigenvalue weighted by molar-refractivity contribution is 6.42. The summed E-state index contributed by atoms with van der Waals surface area (Å²) in [6, 6.07) is 10.8. The molecule has 1 N–H and O–H groups in total. The fourth-order valence-corrected chi connectivity index (χ4v) is 3.78. The van der Waals surface area contributed by atoms with Crippen molar-refractivity contribution in [3.8, 4) is 17.1 Å². The molecule has 6 nitrogen and oxygen atoms in total. The Labute approximate surface area is 185 Å². The molecule has 0 bridgehead atoms. The van der Waals surface area contributed by atoms with E-state index in [-0.39, 0.29) is 12.5 Å². The fourth-order valence-electron chi connectivity index (χ4n) is 3.50. The van der Waals surface area contributed by atoms with E-state index in [1.807, 2.05) is 25.1 Å². The van der Waals surface area contributed by atoms with Crippen molar-refractivity contribution in [1.82, 2.24) is 14.8 Å². The first-order valence-corrected chi connectivity index (χ1v) is 10.7. The lowest BCUT2D eigenvalue weighted by molar-refractivity contribution is -0.118. The number of rotatable bonds is 5. The Morgan fingerprint density at radius 2 is 1.97 bits per heavy atom. The van der Waals surface area contributed by atoms with Gasteiger partial charge in [-0.1, -0.05) is 41.8 Å². The second kappa shape index (κ2) is 9.06. The number of anilines is 1. The molecule has 8 heteroatoms. The topological polar surface area (TPSA) is 69.0 Å². The minimum atomic E-state index is -0.263. The van der Waals surface area contributed by atoms with Crippen LogP contribution < -0.4 is 10.1 Å². The van der Waals surface area contributed by atoms with Crippen LogP contribution in [0.4, 0.5) is 5.69 Å². The highest BCUT2D eigenvalue weighted by atomic mass is 35.5. The third kappa shape index (κ3) is 4.60. The van der Waals surface area contributed by atoms with Crippen molar-refractivity contribution < 1.29 is 9.53 Å². The maximum atomic E-state index is 12.4. The van der Waals surface area contributed by atoms with Crippen molar-refractivity contribution in [3.05, 3.63) is 57.8 Å². The predicted molar refractivity (Wildman–Crippen MR) is 118 cm³/mol. The van der Waals surface area contributed by atoms with E-state index in [1.54, 1.807) is 18.2 Å². The van der Waals surface area contributed by atoms with Gasteiger partial charge in [-0.2, -0.15) is 0 Å². The molecule has 156 valence electrons. The Morgan fingerprint density at radius 3 is 2.80 bits per heavy atom. The van der Waals surface area contributed by atoms with Gasteiger partial charge in [-0.3, -0.25) is 4.79 Å². The summed E-state index contributed by atoms with van der Waals surface area (Å²) in [4.78, 5) is 12.4. The fraction of sp³-hybridized carbons (Fsp3) is 0.318. The first kappa shape index (κ1) is 20.7. The highest BCUT2D eigenvalue weighted by Gasteiger charge is 2.17. The molecular weight excluding hydrogens is 423 g/mol. The maximum Gasteiger partial charge on any atom is 0.262 e. The lowest BCUT2D eigenvalue weighted by atomic mass is 10.1. The van der Waals surface area contributed by atoms with Crippen LogP contribution in [0.25, 0.3) is 11.4 Å². The van der Waals surface area contributed by atoms with Gasteiger partial charge in [0.05, 0.1) is 10.0 Å². The molecule has 2 aromatic carbocycles. The van der Waals surface area contributed by atoms with E-state index in [0.29, 0.717) is 15.8 Å². The summed E-state index contributed by atoms with van der Waals surface area (Å²) in [6.45, 7) is 2.73. The molecule has 30 heavy (non-hydrogen) atoms. The van der Waals surface area contributed by atoms with Crippen LogP contribution in [-0.4, -0.2) is 27.3 Å². The van der Waals surface area contributed by atoms with Gasteiger partial charge in [0, 0.05) is 30.3 Å². The SMILES string of the molecule is Cc1ccc(-c2nnc3n2CCCCC3)cc1NC(=O)COc1ccc(Cl)c(Cl)c1. The number of aryl methyl sites for hydroxylation is 2. The lowest BCUT2D eigenvalue weighted by Crippen LogP contribution is -2.20. The molecule has 1 amide bonds. The second-order valence-electron chi connectivity index (χ2n) is 7.34. The summed E-state index contributed by atoms with van der Waals surface area (Å²) < 4.78 is 7.72. The molecule has 2 heterocycles. The highest BCUT2D eigenvalue weighted by Crippen LogP contribution is 2.28. The molecular formula is C22H22Cl2N4O2. The van der Waals surface area contributed by atoms with Crippen LogP contribution >= 0.6 is 23.2 Å². The zero-order valence-corrected chi connectivity index (χ0v) is 18.1. The average Bonchev–Trinajstić information content (AvgIpc) is 2.98. The van der Waals surface area contributed by atoms with Gasteiger partial charge in [0.2, 0.25) is 0 Å². The number of nitrogens with one attached hydrogen (secondary N) is 1. The van der Waals surface area contributed by atoms with Gasteiger partial charge in [0.15, 0.2) is 12.4 Å². The Hall–Kier alpha value is -2.57. The summed E-state index contributed by atoms with van der Waals surface area (Å²) in [5.41, 5.74) is 2.61. The van der Waals surface area contributed by atoms with Crippen molar-refractivity contribution in [2.45, 2.75) is 39.2 Å². The quantitative estimate of drug-likeness (QED) is 0.579. The molecule has 0 saturated carbocycles. The van der Waals surface area contributed by atoms with E-state index in [2.05, 4.69) is 20.1 Å². The Bertz CT molecular complexity index is 1080. The van der Waals surface area contributed by atoms with Crippen LogP contribution in [0.2, 0.25) is 10.0 Å². The minimum absolute atomic E-state index is 0.137. The summed E-state index contributed by atoms with van der Waals surface area (Å²) in [5, 5.41) is 12.5. The molecule has 0 aliphatic carbocycles. The first-order valence-electron chi connectivity index (χ1n) is 9.92. The summed E-state index contributed by atoms with van der Waals surface area (Å²) >= 11 is 11.9. The van der Waals surface area contributed by atoms with E-state index >= 15 is 0 Å². The van der Waals surface area contributed by atoms with Gasteiger partial charge in [-0.05, 0) is 43.5 Å². The maximum absolute atomic E-state index is 12.4. The number of benzene rings is 2. The number of carbonyl (C=O) groups excluding carboxylic acids is 1. The first-order chi connectivity index (χ1) is 14.5. The van der Waals surface area contributed by atoms with Crippen molar-refractivity contribution in [2.24, 2.45) is 0 Å². The number of carbonyl (C=O) groups is 1. The van der Waals surface area contributed by atoms with E-state index in [9.17, 15) is 4.79 Å². The molecule has 0 fully saturated rings. The van der Waals surface area contributed by atoms with E-state index in [4.69, 9.17) is 27.9 Å². The van der Waals surface area contributed by atoms with Crippen LogP contribution in [-0.2, 0) is 17.8 Å². The molecule has 4 rings (SSSR count). The summed E-state index contributed by atoms with van der Waals surface area (Å²) in [5.74, 6) is 2.09. The number of amides is 1. The van der Waals surface area contributed by atoms with Crippen molar-refractivity contribution in [1.29, 1.82) is 0 Å². The van der Waals surface area contributed by atoms with Gasteiger partial charge in [-0.15, -0.1) is 10.2 Å². The molecule has 3 aromatic rings. The van der Waals surface area contributed by atoms with Gasteiger partial charge in [0.25, 0.3) is 5.91 Å². The molecule has 0 spiro atoms. The number of aromatic nitrogens is 3. The smallest absolute Gasteiger partial charge is 0.262 e. The zero-order chi connectivity index (χ0) is 21.1. The van der Waals surface area contributed by atoms with Crippen molar-refractivity contribution in [3.63, 3.8) is 0 Å². The van der Waals surface area contributed by atoms with Gasteiger partial charge in [0.1, 0.15) is 11.6 Å². The molecule has 1 aliphatic heterocycles. The molecule has 0 saturated heterocycles. The third-order valence-electron chi connectivity index (χ3n) is 5.14. The number of hydrogen-bond acceptors (Lipinski definition) is 4. The summed E-state index contributed by atoms with van der Waals surface area (Å²) in [7, 11) is 0. The predicted octanol–water partition coefficient (Wildman–Crippen LogP) is 5.30. The van der Waals surface area contributed by atoms with Gasteiger partial charge >= 0.3 is 0 Å². The average molecular weight is 445 g/mol. The van der Waals surface area contributed by atoms with Crippen molar-refractivity contribution in [2.75, 3.05) is 11.9 Å². The molecule has 1 aliphatic rings. The van der Waals surface area contributed by atoms with Gasteiger partial charge in [-0.25, -0.2) is 0 Å². The zero-order valence-electron chi connectivity index (χ0n) is 16.6. The Balaban J connectivity index is 1.48. The van der Waals surface area contributed by atoms with Crippen LogP contribution in [0.3, 0.4) is 0 Å². The molecule has 1 aromatic heterocycles. The monoisotopic (exact) mass is 444 g/mol. The number of nitrogens with zero attached hydrogens (tertiary/aromatic N) is 3. The Kier molecular flexibility index (Phi) is 6.25. The minimum Gasteiger partial charge on any atom is -0.484 e. The van der Waals surface area contributed by atoms with Crippen LogP contribution in [0.5, 0.6) is 5.75 Å². The van der Waals surface area contributed by atoms with Crippen LogP contribution in [0.15, 0.2) is 36.4 Å². The van der Waals surface area contributed by atoms with E-state index < -0.39 is 0 Å². The normalized spacial score (nSPS) is 13.4. The molecule has 0 atom stereocenters.